The number of hydrogen-bond donors (Lipinski definition) is 5. The lowest BCUT2D eigenvalue weighted by atomic mass is 9.95. The van der Waals surface area contributed by atoms with Crippen LogP contribution in [0.5, 0.6) is 11.5 Å². The molecule has 246 valence electrons. The number of benzene rings is 2. The number of H-pyrrole nitrogens is 1. The van der Waals surface area contributed by atoms with Crippen molar-refractivity contribution in [2.75, 3.05) is 39.3 Å². The Bertz CT molecular complexity index is 1620. The molecule has 3 heterocycles. The van der Waals surface area contributed by atoms with Crippen LogP contribution in [0, 0.1) is 11.8 Å². The molecule has 0 bridgehead atoms. The summed E-state index contributed by atoms with van der Waals surface area (Å²) in [7, 11) is 0. The molecule has 1 unspecified atom stereocenters. The highest BCUT2D eigenvalue weighted by atomic mass is 16.3. The topological polar surface area (TPSA) is 173 Å². The summed E-state index contributed by atoms with van der Waals surface area (Å²) in [6, 6.07) is 10.6. The number of phenolic OH excluding ortho intramolecular Hbond substituents is 2. The number of carbonyl (C=O) groups excluding carboxylic acids is 3. The predicted octanol–water partition coefficient (Wildman–Crippen LogP) is 2.08. The molecular formula is C33H43N7O6. The number of carbonyl (C=O) groups is 3. The van der Waals surface area contributed by atoms with Gasteiger partial charge in [0.25, 0.3) is 0 Å². The maximum Gasteiger partial charge on any atom is 0.348 e. The van der Waals surface area contributed by atoms with E-state index in [1.165, 1.54) is 17.6 Å². The van der Waals surface area contributed by atoms with Crippen molar-refractivity contribution in [3.05, 3.63) is 58.0 Å². The Morgan fingerprint density at radius 1 is 1.00 bits per heavy atom. The number of nitrogens with zero attached hydrogens (tertiary/aromatic N) is 4. The predicted molar refractivity (Wildman–Crippen MR) is 171 cm³/mol. The molecule has 2 aromatic carbocycles. The lowest BCUT2D eigenvalue weighted by Crippen LogP contribution is -2.42. The molecule has 3 aromatic rings. The van der Waals surface area contributed by atoms with Crippen molar-refractivity contribution in [3.63, 3.8) is 0 Å². The third-order valence-electron chi connectivity index (χ3n) is 8.90. The highest BCUT2D eigenvalue weighted by molar-refractivity contribution is 5.83. The zero-order valence-electron chi connectivity index (χ0n) is 26.6. The summed E-state index contributed by atoms with van der Waals surface area (Å²) < 4.78 is 1.40. The number of piperidine rings is 1. The van der Waals surface area contributed by atoms with Crippen molar-refractivity contribution < 1.29 is 24.6 Å². The molecule has 2 aliphatic heterocycles. The van der Waals surface area contributed by atoms with E-state index in [9.17, 15) is 29.4 Å². The van der Waals surface area contributed by atoms with Gasteiger partial charge in [-0.05, 0) is 73.5 Å². The summed E-state index contributed by atoms with van der Waals surface area (Å²) >= 11 is 0. The number of amides is 3. The zero-order valence-corrected chi connectivity index (χ0v) is 26.6. The molecule has 0 spiro atoms. The monoisotopic (exact) mass is 633 g/mol. The van der Waals surface area contributed by atoms with Crippen molar-refractivity contribution >= 4 is 17.7 Å². The summed E-state index contributed by atoms with van der Waals surface area (Å²) in [6.45, 7) is 9.35. The minimum absolute atomic E-state index is 0.00260. The van der Waals surface area contributed by atoms with Crippen LogP contribution in [0.2, 0.25) is 0 Å². The number of phenols is 2. The molecule has 3 amide bonds. The molecule has 46 heavy (non-hydrogen) atoms. The van der Waals surface area contributed by atoms with Crippen LogP contribution in [0.1, 0.15) is 57.1 Å². The van der Waals surface area contributed by atoms with Crippen LogP contribution in [-0.4, -0.2) is 91.8 Å². The van der Waals surface area contributed by atoms with Gasteiger partial charge in [-0.1, -0.05) is 26.0 Å². The van der Waals surface area contributed by atoms with E-state index in [2.05, 4.69) is 25.7 Å². The fraction of sp³-hybridized carbons (Fsp3) is 0.485. The molecule has 5 N–H and O–H groups in total. The second-order valence-corrected chi connectivity index (χ2v) is 12.6. The Morgan fingerprint density at radius 2 is 1.72 bits per heavy atom. The summed E-state index contributed by atoms with van der Waals surface area (Å²) in [5.74, 6) is -0.00506. The van der Waals surface area contributed by atoms with E-state index in [0.29, 0.717) is 36.4 Å². The quantitative estimate of drug-likeness (QED) is 0.226. The van der Waals surface area contributed by atoms with Gasteiger partial charge in [-0.2, -0.15) is 5.10 Å². The van der Waals surface area contributed by atoms with E-state index in [1.54, 1.807) is 6.07 Å². The van der Waals surface area contributed by atoms with Gasteiger partial charge in [-0.25, -0.2) is 14.5 Å². The number of nitrogens with one attached hydrogen (secondary N) is 3. The number of likely N-dealkylation sites (tertiary alicyclic amines) is 2. The van der Waals surface area contributed by atoms with Gasteiger partial charge in [-0.15, -0.1) is 0 Å². The molecule has 0 radical (unpaired) electrons. The molecule has 1 atom stereocenters. The van der Waals surface area contributed by atoms with Crippen LogP contribution in [-0.2, 0) is 20.9 Å². The SMILES string of the molecule is CC(=O)NCC(=O)NCC1CCN(C(=O)C2CCN(Cc3ccc(-n4c(-c5cc(C(C)C)c(O)cc5O)n[nH]c4=O)cc3)CC2)C1. The highest BCUT2D eigenvalue weighted by Crippen LogP contribution is 2.37. The van der Waals surface area contributed by atoms with Gasteiger partial charge < -0.3 is 25.7 Å². The van der Waals surface area contributed by atoms with Crippen molar-refractivity contribution in [2.24, 2.45) is 11.8 Å². The fourth-order valence-electron chi connectivity index (χ4n) is 6.28. The molecule has 0 aliphatic carbocycles. The first-order valence-electron chi connectivity index (χ1n) is 15.9. The Morgan fingerprint density at radius 3 is 2.39 bits per heavy atom. The van der Waals surface area contributed by atoms with E-state index in [1.807, 2.05) is 43.0 Å². The number of aromatic nitrogens is 3. The molecule has 1 aromatic heterocycles. The van der Waals surface area contributed by atoms with Crippen LogP contribution in [0.4, 0.5) is 0 Å². The number of hydrogen-bond acceptors (Lipinski definition) is 8. The maximum absolute atomic E-state index is 13.2. The second kappa shape index (κ2) is 14.2. The van der Waals surface area contributed by atoms with Crippen molar-refractivity contribution in [1.29, 1.82) is 0 Å². The Balaban J connectivity index is 1.13. The van der Waals surface area contributed by atoms with Crippen molar-refractivity contribution in [2.45, 2.75) is 52.5 Å². The first-order chi connectivity index (χ1) is 22.0. The number of aromatic hydroxyl groups is 2. The summed E-state index contributed by atoms with van der Waals surface area (Å²) in [4.78, 5) is 53.1. The third kappa shape index (κ3) is 7.58. The van der Waals surface area contributed by atoms with Gasteiger partial charge in [-0.3, -0.25) is 19.3 Å². The summed E-state index contributed by atoms with van der Waals surface area (Å²) in [6.07, 6.45) is 2.42. The molecular weight excluding hydrogens is 590 g/mol. The molecule has 5 rings (SSSR count). The van der Waals surface area contributed by atoms with Crippen molar-refractivity contribution in [3.8, 4) is 28.6 Å². The van der Waals surface area contributed by atoms with Crippen LogP contribution in [0.25, 0.3) is 17.1 Å². The maximum atomic E-state index is 13.2. The smallest absolute Gasteiger partial charge is 0.348 e. The average Bonchev–Trinajstić information content (AvgIpc) is 3.66. The molecule has 13 nitrogen and oxygen atoms in total. The highest BCUT2D eigenvalue weighted by Gasteiger charge is 2.33. The average molecular weight is 634 g/mol. The molecule has 0 saturated carbocycles. The van der Waals surface area contributed by atoms with Gasteiger partial charge >= 0.3 is 5.69 Å². The lowest BCUT2D eigenvalue weighted by molar-refractivity contribution is -0.136. The minimum atomic E-state index is -0.441. The van der Waals surface area contributed by atoms with Crippen LogP contribution in [0.15, 0.2) is 41.2 Å². The van der Waals surface area contributed by atoms with Crippen LogP contribution < -0.4 is 16.3 Å². The zero-order chi connectivity index (χ0) is 33.0. The van der Waals surface area contributed by atoms with Gasteiger partial charge in [0, 0.05) is 45.1 Å². The molecule has 2 saturated heterocycles. The Kier molecular flexibility index (Phi) is 10.1. The first-order valence-corrected chi connectivity index (χ1v) is 15.9. The van der Waals surface area contributed by atoms with Gasteiger partial charge in [0.2, 0.25) is 17.7 Å². The standard InChI is InChI=1S/C33H43N7O6/c1-20(2)26-14-27(29(43)15-28(26)42)31-36-37-33(46)40(31)25-6-4-22(5-7-25)18-38-11-9-24(10-12-38)32(45)39-13-8-23(19-39)16-35-30(44)17-34-21(3)41/h4-7,14-15,20,23-24,42-43H,8-13,16-19H2,1-3H3,(H,34,41)(H,35,44)(H,37,46). The third-order valence-corrected chi connectivity index (χ3v) is 8.90. The summed E-state index contributed by atoms with van der Waals surface area (Å²) in [5, 5.41) is 32.8. The Hall–Kier alpha value is -4.65. The molecule has 2 aliphatic rings. The van der Waals surface area contributed by atoms with Crippen LogP contribution >= 0.6 is 0 Å². The van der Waals surface area contributed by atoms with E-state index in [-0.39, 0.29) is 59.3 Å². The number of aromatic amines is 1. The van der Waals surface area contributed by atoms with Gasteiger partial charge in [0.05, 0.1) is 17.8 Å². The first kappa shape index (κ1) is 32.7. The minimum Gasteiger partial charge on any atom is -0.508 e. The lowest BCUT2D eigenvalue weighted by Gasteiger charge is -2.33. The summed E-state index contributed by atoms with van der Waals surface area (Å²) in [5.41, 5.74) is 2.21. The fourth-order valence-corrected chi connectivity index (χ4v) is 6.28. The normalized spacial score (nSPS) is 17.4. The number of rotatable bonds is 10. The second-order valence-electron chi connectivity index (χ2n) is 12.6. The Labute approximate surface area is 267 Å². The van der Waals surface area contributed by atoms with Gasteiger partial charge in [0.15, 0.2) is 5.82 Å². The largest absolute Gasteiger partial charge is 0.508 e. The van der Waals surface area contributed by atoms with E-state index in [4.69, 9.17) is 0 Å². The van der Waals surface area contributed by atoms with Crippen molar-refractivity contribution in [1.82, 2.24) is 35.2 Å². The van der Waals surface area contributed by atoms with E-state index >= 15 is 0 Å². The van der Waals surface area contributed by atoms with E-state index < -0.39 is 5.69 Å². The van der Waals surface area contributed by atoms with E-state index in [0.717, 1.165) is 44.5 Å². The molecule has 13 heteroatoms. The molecule has 2 fully saturated rings. The van der Waals surface area contributed by atoms with Gasteiger partial charge in [0.1, 0.15) is 11.5 Å². The van der Waals surface area contributed by atoms with Crippen LogP contribution in [0.3, 0.4) is 0 Å².